The summed E-state index contributed by atoms with van der Waals surface area (Å²) in [5.74, 6) is 0.243. The quantitative estimate of drug-likeness (QED) is 0.420. The Hall–Kier alpha value is -3.93. The number of aromatic nitrogens is 3. The zero-order chi connectivity index (χ0) is 30.2. The predicted octanol–water partition coefficient (Wildman–Crippen LogP) is 4.71. The summed E-state index contributed by atoms with van der Waals surface area (Å²) in [6, 6.07) is 10.6. The lowest BCUT2D eigenvalue weighted by atomic mass is 9.69. The van der Waals surface area contributed by atoms with Gasteiger partial charge in [-0.05, 0) is 69.0 Å². The first kappa shape index (κ1) is 29.2. The van der Waals surface area contributed by atoms with Crippen molar-refractivity contribution in [3.8, 4) is 23.0 Å². The lowest BCUT2D eigenvalue weighted by molar-refractivity contribution is -0.140. The normalized spacial score (nSPS) is 19.9. The van der Waals surface area contributed by atoms with Crippen molar-refractivity contribution in [3.05, 3.63) is 59.5 Å². The molecule has 3 aliphatic heterocycles. The summed E-state index contributed by atoms with van der Waals surface area (Å²) >= 11 is 0. The largest absolute Gasteiger partial charge is 0.481 e. The molecule has 3 aromatic rings. The van der Waals surface area contributed by atoms with Crippen molar-refractivity contribution in [3.63, 3.8) is 0 Å². The average molecular weight is 597 g/mol. The number of alkyl halides is 3. The number of nitrogens with zero attached hydrogens (tertiary/aromatic N) is 5. The molecule has 6 rings (SSSR count). The van der Waals surface area contributed by atoms with Crippen LogP contribution in [0.15, 0.2) is 42.6 Å². The molecule has 228 valence electrons. The molecule has 1 N–H and O–H groups in total. The molecule has 1 atom stereocenters. The second-order valence-corrected chi connectivity index (χ2v) is 11.3. The highest BCUT2D eigenvalue weighted by Gasteiger charge is 2.47. The van der Waals surface area contributed by atoms with Gasteiger partial charge in [0.05, 0.1) is 30.7 Å². The summed E-state index contributed by atoms with van der Waals surface area (Å²) in [4.78, 5) is 30.6. The Kier molecular flexibility index (Phi) is 7.89. The number of anilines is 1. The number of piperidine rings is 1. The van der Waals surface area contributed by atoms with Gasteiger partial charge in [0.2, 0.25) is 11.8 Å². The molecule has 1 spiro atoms. The van der Waals surface area contributed by atoms with Crippen molar-refractivity contribution in [2.45, 2.75) is 50.2 Å². The van der Waals surface area contributed by atoms with Gasteiger partial charge in [0.15, 0.2) is 5.69 Å². The number of methoxy groups -OCH3 is 1. The number of carbonyl (C=O) groups is 1. The number of nitrogens with one attached hydrogen (secondary N) is 1. The molecule has 6 heterocycles. The molecule has 1 amide bonds. The van der Waals surface area contributed by atoms with Crippen LogP contribution in [0.5, 0.6) is 11.8 Å². The van der Waals surface area contributed by atoms with Gasteiger partial charge in [-0.25, -0.2) is 15.0 Å². The van der Waals surface area contributed by atoms with Crippen LogP contribution < -0.4 is 19.7 Å². The van der Waals surface area contributed by atoms with E-state index in [9.17, 15) is 18.0 Å². The second kappa shape index (κ2) is 11.6. The third kappa shape index (κ3) is 5.60. The topological polar surface area (TPSA) is 92.7 Å². The predicted molar refractivity (Wildman–Crippen MR) is 154 cm³/mol. The van der Waals surface area contributed by atoms with E-state index in [2.05, 4.69) is 15.3 Å². The maximum absolute atomic E-state index is 14.0. The molecular weight excluding hydrogens is 561 g/mol. The molecule has 0 saturated carbocycles. The summed E-state index contributed by atoms with van der Waals surface area (Å²) in [6.07, 6.45) is 0.195. The Bertz CT molecular complexity index is 1490. The summed E-state index contributed by atoms with van der Waals surface area (Å²) in [7, 11) is 1.30. The summed E-state index contributed by atoms with van der Waals surface area (Å²) in [5.41, 5.74) is 1.17. The Balaban J connectivity index is 1.35. The maximum Gasteiger partial charge on any atom is 0.435 e. The molecule has 2 saturated heterocycles. The lowest BCUT2D eigenvalue weighted by Crippen LogP contribution is -2.56. The van der Waals surface area contributed by atoms with Crippen LogP contribution in [0.3, 0.4) is 0 Å². The molecule has 3 aromatic heterocycles. The number of hydrogen-bond donors (Lipinski definition) is 1. The third-order valence-corrected chi connectivity index (χ3v) is 8.77. The van der Waals surface area contributed by atoms with Crippen molar-refractivity contribution in [1.82, 2.24) is 25.2 Å². The van der Waals surface area contributed by atoms with Gasteiger partial charge in [-0.2, -0.15) is 13.2 Å². The fraction of sp³-hybridized carbons (Fsp3) is 0.484. The molecule has 43 heavy (non-hydrogen) atoms. The van der Waals surface area contributed by atoms with Crippen LogP contribution in [0.1, 0.15) is 54.4 Å². The van der Waals surface area contributed by atoms with E-state index >= 15 is 0 Å². The van der Waals surface area contributed by atoms with E-state index in [0.717, 1.165) is 24.9 Å². The van der Waals surface area contributed by atoms with Crippen molar-refractivity contribution in [2.75, 3.05) is 51.3 Å². The number of ether oxygens (including phenoxy) is 2. The fourth-order valence-electron chi connectivity index (χ4n) is 6.65. The van der Waals surface area contributed by atoms with Crippen LogP contribution in [0.25, 0.3) is 11.3 Å². The van der Waals surface area contributed by atoms with Gasteiger partial charge in [-0.15, -0.1) is 0 Å². The third-order valence-electron chi connectivity index (χ3n) is 8.77. The first-order valence-electron chi connectivity index (χ1n) is 14.7. The van der Waals surface area contributed by atoms with Gasteiger partial charge in [0.25, 0.3) is 5.91 Å². The smallest absolute Gasteiger partial charge is 0.435 e. The van der Waals surface area contributed by atoms with E-state index in [-0.39, 0.29) is 23.5 Å². The van der Waals surface area contributed by atoms with E-state index in [1.165, 1.54) is 19.2 Å². The molecule has 12 heteroatoms. The summed E-state index contributed by atoms with van der Waals surface area (Å²) in [5, 5.41) is 3.49. The fourth-order valence-corrected chi connectivity index (χ4v) is 6.65. The number of pyridine rings is 3. The van der Waals surface area contributed by atoms with Crippen LogP contribution in [-0.4, -0.2) is 78.2 Å². The van der Waals surface area contributed by atoms with Crippen LogP contribution in [0, 0.1) is 0 Å². The summed E-state index contributed by atoms with van der Waals surface area (Å²) < 4.78 is 52.7. The highest BCUT2D eigenvalue weighted by molar-refractivity contribution is 5.96. The molecule has 0 bridgehead atoms. The van der Waals surface area contributed by atoms with Gasteiger partial charge in [-0.3, -0.25) is 4.79 Å². The molecule has 2 fully saturated rings. The molecule has 0 radical (unpaired) electrons. The van der Waals surface area contributed by atoms with E-state index in [0.29, 0.717) is 68.5 Å². The highest BCUT2D eigenvalue weighted by Crippen LogP contribution is 2.45. The number of fused-ring (bicyclic) bond motifs is 2. The van der Waals surface area contributed by atoms with Gasteiger partial charge < -0.3 is 24.6 Å². The number of halogens is 3. The van der Waals surface area contributed by atoms with Gasteiger partial charge in [0, 0.05) is 49.9 Å². The molecule has 0 unspecified atom stereocenters. The van der Waals surface area contributed by atoms with Crippen LogP contribution >= 0.6 is 0 Å². The first-order chi connectivity index (χ1) is 20.7. The van der Waals surface area contributed by atoms with Gasteiger partial charge in [-0.1, -0.05) is 6.07 Å². The van der Waals surface area contributed by atoms with Crippen molar-refractivity contribution >= 4 is 11.6 Å². The van der Waals surface area contributed by atoms with Crippen LogP contribution in [-0.2, 0) is 11.6 Å². The molecule has 0 aromatic carbocycles. The number of amides is 1. The monoisotopic (exact) mass is 596 g/mol. The Morgan fingerprint density at radius 2 is 1.93 bits per heavy atom. The highest BCUT2D eigenvalue weighted by atomic mass is 19.4. The zero-order valence-corrected chi connectivity index (χ0v) is 24.3. The van der Waals surface area contributed by atoms with E-state index < -0.39 is 17.3 Å². The van der Waals surface area contributed by atoms with Gasteiger partial charge >= 0.3 is 6.18 Å². The minimum absolute atomic E-state index is 0.0378. The lowest BCUT2D eigenvalue weighted by Gasteiger charge is -2.49. The Morgan fingerprint density at radius 3 is 2.63 bits per heavy atom. The van der Waals surface area contributed by atoms with E-state index in [1.54, 1.807) is 17.2 Å². The molecule has 0 aliphatic carbocycles. The van der Waals surface area contributed by atoms with Crippen molar-refractivity contribution in [2.24, 2.45) is 0 Å². The Morgan fingerprint density at radius 1 is 1.12 bits per heavy atom. The van der Waals surface area contributed by atoms with Crippen molar-refractivity contribution < 1.29 is 27.4 Å². The summed E-state index contributed by atoms with van der Waals surface area (Å²) in [6.45, 7) is 5.05. The minimum atomic E-state index is -4.62. The van der Waals surface area contributed by atoms with E-state index in [1.807, 2.05) is 30.0 Å². The number of rotatable bonds is 7. The van der Waals surface area contributed by atoms with Crippen molar-refractivity contribution in [1.29, 1.82) is 0 Å². The molecule has 3 aliphatic rings. The van der Waals surface area contributed by atoms with Crippen LogP contribution in [0.4, 0.5) is 18.9 Å². The minimum Gasteiger partial charge on any atom is -0.481 e. The van der Waals surface area contributed by atoms with E-state index in [4.69, 9.17) is 14.5 Å². The maximum atomic E-state index is 14.0. The molecular formula is C31H35F3N6O3. The standard InChI is InChI=1S/C31H35F3N6O3/c1-3-43-28-21(7-5-15-36-28)23-9-8-22-26(37-23)29(41)40(18-20-6-4-14-35-20)19-30(22)12-16-39(17-13-30)24-10-11-25(42-2)38-27(24)31(32,33)34/h5,7-11,15,20,35H,3-4,6,12-14,16-19H2,1-2H3/t20-/m1/s1. The number of carbonyl (C=O) groups excluding carboxylic acids is 1. The number of hydrogen-bond acceptors (Lipinski definition) is 8. The molecule has 9 nitrogen and oxygen atoms in total. The zero-order valence-electron chi connectivity index (χ0n) is 24.3. The van der Waals surface area contributed by atoms with Gasteiger partial charge in [0.1, 0.15) is 5.69 Å². The Labute approximate surface area is 248 Å². The SMILES string of the molecule is CCOc1ncccc1-c1ccc2c(n1)C(=O)N(C[C@H]1CCCN1)CC21CCN(c2ccc(OC)nc2C(F)(F)F)CC1. The second-order valence-electron chi connectivity index (χ2n) is 11.3. The first-order valence-corrected chi connectivity index (χ1v) is 14.7. The average Bonchev–Trinajstić information content (AvgIpc) is 3.53. The van der Waals surface area contributed by atoms with Crippen LogP contribution in [0.2, 0.25) is 0 Å².